The summed E-state index contributed by atoms with van der Waals surface area (Å²) in [5.41, 5.74) is 3.12. The lowest BCUT2D eigenvalue weighted by Gasteiger charge is -2.11. The Morgan fingerprint density at radius 3 is 2.55 bits per heavy atom. The van der Waals surface area contributed by atoms with Gasteiger partial charge in [-0.25, -0.2) is 9.07 Å². The molecule has 2 heterocycles. The van der Waals surface area contributed by atoms with Crippen molar-refractivity contribution in [2.24, 2.45) is 0 Å². The quantitative estimate of drug-likeness (QED) is 0.413. The van der Waals surface area contributed by atoms with Crippen molar-refractivity contribution in [3.05, 3.63) is 77.1 Å². The number of aromatic nitrogens is 2. The first-order valence-electron chi connectivity index (χ1n) is 9.23. The van der Waals surface area contributed by atoms with E-state index in [1.54, 1.807) is 21.7 Å². The van der Waals surface area contributed by atoms with E-state index < -0.39 is 0 Å². The third-order valence-corrected chi connectivity index (χ3v) is 5.87. The molecular weight excluding hydrogens is 405 g/mol. The zero-order valence-corrected chi connectivity index (χ0v) is 17.3. The molecule has 0 unspecified atom stereocenters. The number of halogens is 1. The van der Waals surface area contributed by atoms with Gasteiger partial charge in [0.2, 0.25) is 0 Å². The number of rotatable bonds is 5. The summed E-state index contributed by atoms with van der Waals surface area (Å²) < 4.78 is 15.7. The van der Waals surface area contributed by atoms with E-state index in [-0.39, 0.29) is 11.7 Å². The van der Waals surface area contributed by atoms with Gasteiger partial charge in [0.25, 0.3) is 5.91 Å². The predicted molar refractivity (Wildman–Crippen MR) is 119 cm³/mol. The van der Waals surface area contributed by atoms with Crippen molar-refractivity contribution in [1.82, 2.24) is 14.7 Å². The van der Waals surface area contributed by atoms with Gasteiger partial charge in [0.1, 0.15) is 10.1 Å². The first-order valence-corrected chi connectivity index (χ1v) is 10.5. The lowest BCUT2D eigenvalue weighted by Crippen LogP contribution is -2.28. The second-order valence-corrected chi connectivity index (χ2v) is 8.23. The van der Waals surface area contributed by atoms with Crippen LogP contribution in [0, 0.1) is 5.82 Å². The fourth-order valence-electron chi connectivity index (χ4n) is 3.10. The van der Waals surface area contributed by atoms with Crippen molar-refractivity contribution in [2.45, 2.75) is 13.3 Å². The first-order chi connectivity index (χ1) is 14.1. The van der Waals surface area contributed by atoms with Crippen LogP contribution < -0.4 is 0 Å². The van der Waals surface area contributed by atoms with Gasteiger partial charge in [0, 0.05) is 23.9 Å². The molecule has 1 saturated heterocycles. The number of hydrogen-bond acceptors (Lipinski definition) is 4. The summed E-state index contributed by atoms with van der Waals surface area (Å²) in [6.45, 7) is 2.62. The molecule has 0 atom stereocenters. The summed E-state index contributed by atoms with van der Waals surface area (Å²) in [5.74, 6) is -0.391. The van der Waals surface area contributed by atoms with Gasteiger partial charge in [0.05, 0.1) is 16.3 Å². The largest absolute Gasteiger partial charge is 0.293 e. The fraction of sp³-hybridized carbons (Fsp3) is 0.136. The van der Waals surface area contributed by atoms with Gasteiger partial charge in [-0.2, -0.15) is 5.10 Å². The van der Waals surface area contributed by atoms with Crippen molar-refractivity contribution in [2.75, 3.05) is 6.54 Å². The molecular formula is C22H18FN3OS2. The molecule has 2 aromatic carbocycles. The van der Waals surface area contributed by atoms with Gasteiger partial charge in [-0.3, -0.25) is 9.69 Å². The standard InChI is InChI=1S/C22H18FN3OS2/c1-2-12-25-21(27)19(29-22(25)28)13-16-14-26(18-6-4-3-5-7-18)24-20(16)15-8-10-17(23)11-9-15/h3-11,13-14H,2,12H2,1H3. The molecule has 0 bridgehead atoms. The number of nitrogens with zero attached hydrogens (tertiary/aromatic N) is 3. The molecule has 3 aromatic rings. The Labute approximate surface area is 178 Å². The van der Waals surface area contributed by atoms with Crippen LogP contribution in [0.25, 0.3) is 23.0 Å². The van der Waals surface area contributed by atoms with Gasteiger partial charge in [-0.05, 0) is 48.9 Å². The van der Waals surface area contributed by atoms with Crippen LogP contribution in [-0.4, -0.2) is 31.5 Å². The average Bonchev–Trinajstić information content (AvgIpc) is 3.26. The van der Waals surface area contributed by atoms with Crippen LogP contribution >= 0.6 is 24.0 Å². The van der Waals surface area contributed by atoms with Crippen LogP contribution in [0.5, 0.6) is 0 Å². The lowest BCUT2D eigenvalue weighted by atomic mass is 10.1. The minimum Gasteiger partial charge on any atom is -0.293 e. The Morgan fingerprint density at radius 1 is 1.14 bits per heavy atom. The molecule has 146 valence electrons. The van der Waals surface area contributed by atoms with E-state index in [4.69, 9.17) is 17.3 Å². The second-order valence-electron chi connectivity index (χ2n) is 6.55. The van der Waals surface area contributed by atoms with Gasteiger partial charge in [0.15, 0.2) is 0 Å². The fourth-order valence-corrected chi connectivity index (χ4v) is 4.40. The summed E-state index contributed by atoms with van der Waals surface area (Å²) in [5, 5.41) is 4.70. The Kier molecular flexibility index (Phi) is 5.60. The van der Waals surface area contributed by atoms with E-state index >= 15 is 0 Å². The average molecular weight is 424 g/mol. The Morgan fingerprint density at radius 2 is 1.86 bits per heavy atom. The van der Waals surface area contributed by atoms with Gasteiger partial charge in [-0.1, -0.05) is 49.1 Å². The van der Waals surface area contributed by atoms with Crippen molar-refractivity contribution in [3.63, 3.8) is 0 Å². The van der Waals surface area contributed by atoms with Crippen molar-refractivity contribution in [1.29, 1.82) is 0 Å². The Bertz CT molecular complexity index is 1090. The predicted octanol–water partition coefficient (Wildman–Crippen LogP) is 5.29. The number of hydrogen-bond donors (Lipinski definition) is 0. The van der Waals surface area contributed by atoms with E-state index in [1.165, 1.54) is 23.9 Å². The smallest absolute Gasteiger partial charge is 0.266 e. The third kappa shape index (κ3) is 4.02. The normalized spacial score (nSPS) is 15.5. The molecule has 1 aliphatic heterocycles. The molecule has 1 aliphatic rings. The van der Waals surface area contributed by atoms with Crippen molar-refractivity contribution in [3.8, 4) is 16.9 Å². The number of thiocarbonyl (C=S) groups is 1. The molecule has 1 fully saturated rings. The monoisotopic (exact) mass is 423 g/mol. The van der Waals surface area contributed by atoms with Crippen LogP contribution in [0.1, 0.15) is 18.9 Å². The van der Waals surface area contributed by atoms with Crippen molar-refractivity contribution < 1.29 is 9.18 Å². The zero-order valence-electron chi connectivity index (χ0n) is 15.7. The molecule has 1 amide bonds. The van der Waals surface area contributed by atoms with E-state index in [0.717, 1.165) is 23.2 Å². The summed E-state index contributed by atoms with van der Waals surface area (Å²) in [7, 11) is 0. The summed E-state index contributed by atoms with van der Waals surface area (Å²) in [6.07, 6.45) is 4.53. The van der Waals surface area contributed by atoms with Gasteiger partial charge in [-0.15, -0.1) is 0 Å². The van der Waals surface area contributed by atoms with E-state index in [2.05, 4.69) is 0 Å². The molecule has 0 aliphatic carbocycles. The van der Waals surface area contributed by atoms with Crippen LogP contribution in [0.2, 0.25) is 0 Å². The number of para-hydroxylation sites is 1. The Hall–Kier alpha value is -2.77. The molecule has 0 saturated carbocycles. The highest BCUT2D eigenvalue weighted by atomic mass is 32.2. The summed E-state index contributed by atoms with van der Waals surface area (Å²) in [6, 6.07) is 15.9. The third-order valence-electron chi connectivity index (χ3n) is 4.49. The molecule has 29 heavy (non-hydrogen) atoms. The Balaban J connectivity index is 1.79. The molecule has 4 rings (SSSR count). The minimum absolute atomic E-state index is 0.0839. The highest BCUT2D eigenvalue weighted by Gasteiger charge is 2.31. The summed E-state index contributed by atoms with van der Waals surface area (Å²) >= 11 is 6.66. The maximum atomic E-state index is 13.4. The lowest BCUT2D eigenvalue weighted by molar-refractivity contribution is -0.122. The number of thioether (sulfide) groups is 1. The number of benzene rings is 2. The molecule has 0 N–H and O–H groups in total. The van der Waals surface area contributed by atoms with Crippen molar-refractivity contribution >= 4 is 40.3 Å². The van der Waals surface area contributed by atoms with E-state index in [0.29, 0.717) is 21.5 Å². The number of carbonyl (C=O) groups excluding carboxylic acids is 1. The molecule has 0 radical (unpaired) electrons. The van der Waals surface area contributed by atoms with E-state index in [9.17, 15) is 9.18 Å². The zero-order chi connectivity index (χ0) is 20.4. The minimum atomic E-state index is -0.307. The van der Waals surface area contributed by atoms with Crippen LogP contribution in [0.15, 0.2) is 65.7 Å². The topological polar surface area (TPSA) is 38.1 Å². The second kappa shape index (κ2) is 8.31. The summed E-state index contributed by atoms with van der Waals surface area (Å²) in [4.78, 5) is 15.0. The highest BCUT2D eigenvalue weighted by Crippen LogP contribution is 2.35. The maximum Gasteiger partial charge on any atom is 0.266 e. The number of amides is 1. The molecule has 7 heteroatoms. The van der Waals surface area contributed by atoms with Crippen LogP contribution in [0.4, 0.5) is 4.39 Å². The maximum absolute atomic E-state index is 13.4. The first kappa shape index (κ1) is 19.5. The van der Waals surface area contributed by atoms with E-state index in [1.807, 2.05) is 49.5 Å². The number of carbonyl (C=O) groups is 1. The van der Waals surface area contributed by atoms with Gasteiger partial charge < -0.3 is 0 Å². The SMILES string of the molecule is CCCN1C(=O)C(=Cc2cn(-c3ccccc3)nc2-c2ccc(F)cc2)SC1=S. The van der Waals surface area contributed by atoms with Crippen LogP contribution in [0.3, 0.4) is 0 Å². The molecule has 1 aromatic heterocycles. The highest BCUT2D eigenvalue weighted by molar-refractivity contribution is 8.26. The van der Waals surface area contributed by atoms with Crippen LogP contribution in [-0.2, 0) is 4.79 Å². The molecule has 0 spiro atoms. The van der Waals surface area contributed by atoms with Gasteiger partial charge >= 0.3 is 0 Å². The molecule has 4 nitrogen and oxygen atoms in total.